The smallest absolute Gasteiger partial charge is 0.253 e. The SMILES string of the molecule is CCCCc1cn(C(C)(C)C)sc1=NC(=O)[C@]1(C)CC[C@H](C(=O)NCCO)C1(C)C. The molecule has 2 amide bonds. The molecule has 0 unspecified atom stereocenters. The number of carbonyl (C=O) groups excluding carboxylic acids is 2. The molecule has 1 fully saturated rings. The van der Waals surface area contributed by atoms with E-state index in [-0.39, 0.29) is 36.4 Å². The highest BCUT2D eigenvalue weighted by Crippen LogP contribution is 2.56. The van der Waals surface area contributed by atoms with Crippen molar-refractivity contribution in [1.82, 2.24) is 9.27 Å². The number of unbranched alkanes of at least 4 members (excludes halogenated alkanes) is 1. The summed E-state index contributed by atoms with van der Waals surface area (Å²) < 4.78 is 2.98. The molecular formula is C23H39N3O3S. The van der Waals surface area contributed by atoms with Crippen molar-refractivity contribution in [1.29, 1.82) is 0 Å². The number of aliphatic hydroxyl groups is 1. The van der Waals surface area contributed by atoms with Gasteiger partial charge in [-0.15, -0.1) is 0 Å². The maximum atomic E-state index is 13.5. The second-order valence-corrected chi connectivity index (χ2v) is 11.2. The average Bonchev–Trinajstić information content (AvgIpc) is 3.17. The van der Waals surface area contributed by atoms with E-state index in [0.29, 0.717) is 12.8 Å². The molecule has 0 saturated heterocycles. The molecule has 7 heteroatoms. The summed E-state index contributed by atoms with van der Waals surface area (Å²) in [5, 5.41) is 11.8. The summed E-state index contributed by atoms with van der Waals surface area (Å²) in [5.74, 6) is -0.489. The van der Waals surface area contributed by atoms with E-state index in [9.17, 15) is 9.59 Å². The molecule has 2 atom stereocenters. The van der Waals surface area contributed by atoms with Gasteiger partial charge in [0, 0.05) is 29.8 Å². The van der Waals surface area contributed by atoms with E-state index in [1.54, 1.807) is 11.5 Å². The number of carbonyl (C=O) groups is 2. The van der Waals surface area contributed by atoms with Crippen LogP contribution in [0, 0.1) is 16.7 Å². The molecular weight excluding hydrogens is 398 g/mol. The quantitative estimate of drug-likeness (QED) is 0.683. The van der Waals surface area contributed by atoms with Crippen molar-refractivity contribution in [3.8, 4) is 0 Å². The Labute approximate surface area is 184 Å². The van der Waals surface area contributed by atoms with Gasteiger partial charge < -0.3 is 10.4 Å². The number of amides is 2. The fraction of sp³-hybridized carbons (Fsp3) is 0.783. The third-order valence-electron chi connectivity index (χ3n) is 6.82. The zero-order valence-corrected chi connectivity index (χ0v) is 20.5. The van der Waals surface area contributed by atoms with Crippen LogP contribution in [0.15, 0.2) is 11.2 Å². The molecule has 0 bridgehead atoms. The van der Waals surface area contributed by atoms with Crippen LogP contribution in [0.2, 0.25) is 0 Å². The van der Waals surface area contributed by atoms with Gasteiger partial charge in [-0.3, -0.25) is 13.5 Å². The summed E-state index contributed by atoms with van der Waals surface area (Å²) in [6, 6.07) is 0. The molecule has 1 aromatic heterocycles. The van der Waals surface area contributed by atoms with Crippen molar-refractivity contribution < 1.29 is 14.7 Å². The van der Waals surface area contributed by atoms with Crippen LogP contribution in [-0.4, -0.2) is 34.0 Å². The molecule has 1 aromatic rings. The maximum Gasteiger partial charge on any atom is 0.253 e. The minimum Gasteiger partial charge on any atom is -0.395 e. The lowest BCUT2D eigenvalue weighted by atomic mass is 9.65. The minimum atomic E-state index is -0.702. The zero-order valence-electron chi connectivity index (χ0n) is 19.7. The third kappa shape index (κ3) is 4.88. The first-order chi connectivity index (χ1) is 13.9. The predicted molar refractivity (Wildman–Crippen MR) is 121 cm³/mol. The largest absolute Gasteiger partial charge is 0.395 e. The van der Waals surface area contributed by atoms with Gasteiger partial charge in [-0.2, -0.15) is 0 Å². The van der Waals surface area contributed by atoms with E-state index < -0.39 is 10.8 Å². The molecule has 1 saturated carbocycles. The van der Waals surface area contributed by atoms with Crippen molar-refractivity contribution in [3.05, 3.63) is 16.4 Å². The zero-order chi connectivity index (χ0) is 22.7. The Morgan fingerprint density at radius 2 is 2.00 bits per heavy atom. The van der Waals surface area contributed by atoms with Crippen LogP contribution < -0.4 is 9.99 Å². The number of hydrogen-bond acceptors (Lipinski definition) is 4. The summed E-state index contributed by atoms with van der Waals surface area (Å²) in [5.41, 5.74) is -0.155. The molecule has 0 aromatic carbocycles. The Balaban J connectivity index is 2.39. The van der Waals surface area contributed by atoms with Gasteiger partial charge in [-0.25, -0.2) is 4.99 Å². The fourth-order valence-corrected chi connectivity index (χ4v) is 5.23. The fourth-order valence-electron chi connectivity index (χ4n) is 4.20. The number of aliphatic hydroxyl groups excluding tert-OH is 1. The van der Waals surface area contributed by atoms with Gasteiger partial charge in [0.2, 0.25) is 5.91 Å². The number of nitrogens with one attached hydrogen (secondary N) is 1. The summed E-state index contributed by atoms with van der Waals surface area (Å²) in [4.78, 5) is 30.7. The standard InChI is InChI=1S/C23H39N3O3S/c1-8-9-10-16-15-26(21(2,3)4)30-19(16)25-20(29)23(7)12-11-17(22(23,5)6)18(28)24-13-14-27/h15,17,27H,8-14H2,1-7H3,(H,24,28)/t17-,23+/m1/s1. The highest BCUT2D eigenvalue weighted by Gasteiger charge is 2.58. The Morgan fingerprint density at radius 1 is 1.33 bits per heavy atom. The molecule has 170 valence electrons. The molecule has 1 aliphatic rings. The first kappa shape index (κ1) is 24.8. The van der Waals surface area contributed by atoms with E-state index in [4.69, 9.17) is 5.11 Å². The summed E-state index contributed by atoms with van der Waals surface area (Å²) in [6.07, 6.45) is 6.49. The average molecular weight is 438 g/mol. The Hall–Kier alpha value is -1.47. The van der Waals surface area contributed by atoms with Gasteiger partial charge in [0.05, 0.1) is 12.0 Å². The van der Waals surface area contributed by atoms with Crippen molar-refractivity contribution >= 4 is 23.3 Å². The van der Waals surface area contributed by atoms with Gasteiger partial charge in [0.15, 0.2) is 0 Å². The summed E-state index contributed by atoms with van der Waals surface area (Å²) in [6.45, 7) is 14.7. The monoisotopic (exact) mass is 437 g/mol. The van der Waals surface area contributed by atoms with Crippen molar-refractivity contribution in [2.45, 2.75) is 86.1 Å². The normalized spacial score (nSPS) is 24.3. The number of aryl methyl sites for hydroxylation is 1. The molecule has 30 heavy (non-hydrogen) atoms. The Morgan fingerprint density at radius 3 is 2.57 bits per heavy atom. The Bertz CT molecular complexity index is 831. The first-order valence-electron chi connectivity index (χ1n) is 11.1. The first-order valence-corrected chi connectivity index (χ1v) is 11.9. The van der Waals surface area contributed by atoms with Gasteiger partial charge in [0.1, 0.15) is 4.67 Å². The van der Waals surface area contributed by atoms with E-state index in [2.05, 4.69) is 48.2 Å². The van der Waals surface area contributed by atoms with Crippen LogP contribution in [-0.2, 0) is 21.5 Å². The highest BCUT2D eigenvalue weighted by molar-refractivity contribution is 7.04. The molecule has 1 heterocycles. The summed E-state index contributed by atoms with van der Waals surface area (Å²) >= 11 is 1.54. The highest BCUT2D eigenvalue weighted by atomic mass is 32.1. The number of rotatable bonds is 7. The molecule has 6 nitrogen and oxygen atoms in total. The number of nitrogens with zero attached hydrogens (tertiary/aromatic N) is 2. The van der Waals surface area contributed by atoms with Crippen LogP contribution in [0.25, 0.3) is 0 Å². The molecule has 0 aliphatic heterocycles. The minimum absolute atomic E-state index is 0.0606. The molecule has 2 rings (SSSR count). The van der Waals surface area contributed by atoms with E-state index >= 15 is 0 Å². The molecule has 0 radical (unpaired) electrons. The summed E-state index contributed by atoms with van der Waals surface area (Å²) in [7, 11) is 0. The lowest BCUT2D eigenvalue weighted by molar-refractivity contribution is -0.136. The molecule has 1 aliphatic carbocycles. The lowest BCUT2D eigenvalue weighted by Gasteiger charge is -2.38. The second kappa shape index (κ2) is 9.35. The van der Waals surface area contributed by atoms with Gasteiger partial charge in [0.25, 0.3) is 5.91 Å². The van der Waals surface area contributed by atoms with Crippen LogP contribution in [0.5, 0.6) is 0 Å². The van der Waals surface area contributed by atoms with Gasteiger partial charge >= 0.3 is 0 Å². The van der Waals surface area contributed by atoms with Crippen molar-refractivity contribution in [3.63, 3.8) is 0 Å². The topological polar surface area (TPSA) is 83.7 Å². The number of aromatic nitrogens is 1. The van der Waals surface area contributed by atoms with Crippen LogP contribution in [0.3, 0.4) is 0 Å². The van der Waals surface area contributed by atoms with E-state index in [1.807, 2.05) is 20.8 Å². The third-order valence-corrected chi connectivity index (χ3v) is 8.20. The predicted octanol–water partition coefficient (Wildman–Crippen LogP) is 3.63. The van der Waals surface area contributed by atoms with E-state index in [1.165, 1.54) is 0 Å². The van der Waals surface area contributed by atoms with E-state index in [0.717, 1.165) is 29.5 Å². The van der Waals surface area contributed by atoms with Crippen LogP contribution in [0.4, 0.5) is 0 Å². The van der Waals surface area contributed by atoms with Crippen molar-refractivity contribution in [2.24, 2.45) is 21.7 Å². The second-order valence-electron chi connectivity index (χ2n) is 10.2. The van der Waals surface area contributed by atoms with Crippen molar-refractivity contribution in [2.75, 3.05) is 13.2 Å². The van der Waals surface area contributed by atoms with Gasteiger partial charge in [-0.1, -0.05) is 34.1 Å². The number of hydrogen-bond donors (Lipinski definition) is 2. The van der Waals surface area contributed by atoms with Gasteiger partial charge in [-0.05, 0) is 63.4 Å². The van der Waals surface area contributed by atoms with Crippen LogP contribution in [0.1, 0.15) is 79.7 Å². The van der Waals surface area contributed by atoms with Crippen LogP contribution >= 0.6 is 11.5 Å². The lowest BCUT2D eigenvalue weighted by Crippen LogP contribution is -2.45. The Kier molecular flexibility index (Phi) is 7.73. The molecule has 0 spiro atoms. The molecule has 2 N–H and O–H groups in total. The maximum absolute atomic E-state index is 13.5.